The highest BCUT2D eigenvalue weighted by Crippen LogP contribution is 2.25. The van der Waals surface area contributed by atoms with Crippen LogP contribution in [-0.2, 0) is 10.0 Å². The number of benzene rings is 2. The third-order valence-corrected chi connectivity index (χ3v) is 6.03. The lowest BCUT2D eigenvalue weighted by Gasteiger charge is -2.12. The standard InChI is InChI=1S/C22H21N5O3S/c1-15-5-10-20(16(2)13-15)31(28,29)26-18-6-8-19(9-7-18)30-22-14-21(24-17(3)25-22)27-12-4-11-23-27/h4-14,26H,1-3H3. The second-order valence-electron chi connectivity index (χ2n) is 7.06. The molecule has 0 aliphatic rings. The van der Waals surface area contributed by atoms with Crippen LogP contribution in [0.4, 0.5) is 5.69 Å². The van der Waals surface area contributed by atoms with Gasteiger partial charge in [0.2, 0.25) is 5.88 Å². The Balaban J connectivity index is 1.51. The maximum absolute atomic E-state index is 12.7. The van der Waals surface area contributed by atoms with E-state index in [0.717, 1.165) is 5.56 Å². The van der Waals surface area contributed by atoms with E-state index in [2.05, 4.69) is 19.8 Å². The first-order valence-corrected chi connectivity index (χ1v) is 11.0. The van der Waals surface area contributed by atoms with Crippen molar-refractivity contribution >= 4 is 15.7 Å². The normalized spacial score (nSPS) is 11.3. The lowest BCUT2D eigenvalue weighted by atomic mass is 10.2. The number of ether oxygens (including phenoxy) is 1. The lowest BCUT2D eigenvalue weighted by Crippen LogP contribution is -2.14. The molecule has 0 radical (unpaired) electrons. The van der Waals surface area contributed by atoms with Gasteiger partial charge in [0, 0.05) is 24.1 Å². The molecule has 0 bridgehead atoms. The van der Waals surface area contributed by atoms with Crippen LogP contribution < -0.4 is 9.46 Å². The van der Waals surface area contributed by atoms with Gasteiger partial charge in [0.05, 0.1) is 4.90 Å². The largest absolute Gasteiger partial charge is 0.439 e. The van der Waals surface area contributed by atoms with Gasteiger partial charge in [0.1, 0.15) is 11.6 Å². The Morgan fingerprint density at radius 1 is 0.968 bits per heavy atom. The van der Waals surface area contributed by atoms with E-state index in [9.17, 15) is 8.42 Å². The molecule has 0 fully saturated rings. The number of hydrogen-bond donors (Lipinski definition) is 1. The first-order chi connectivity index (χ1) is 14.8. The van der Waals surface area contributed by atoms with Gasteiger partial charge in [-0.15, -0.1) is 0 Å². The van der Waals surface area contributed by atoms with Gasteiger partial charge in [0.15, 0.2) is 5.82 Å². The van der Waals surface area contributed by atoms with Crippen molar-refractivity contribution in [1.82, 2.24) is 19.7 Å². The monoisotopic (exact) mass is 435 g/mol. The summed E-state index contributed by atoms with van der Waals surface area (Å²) < 4.78 is 35.5. The summed E-state index contributed by atoms with van der Waals surface area (Å²) in [5, 5.41) is 4.16. The van der Waals surface area contributed by atoms with E-state index >= 15 is 0 Å². The molecule has 8 nitrogen and oxygen atoms in total. The van der Waals surface area contributed by atoms with Crippen molar-refractivity contribution < 1.29 is 13.2 Å². The highest BCUT2D eigenvalue weighted by Gasteiger charge is 2.17. The van der Waals surface area contributed by atoms with Gasteiger partial charge < -0.3 is 4.74 Å². The van der Waals surface area contributed by atoms with Crippen molar-refractivity contribution in [2.45, 2.75) is 25.7 Å². The van der Waals surface area contributed by atoms with E-state index in [4.69, 9.17) is 4.74 Å². The lowest BCUT2D eigenvalue weighted by molar-refractivity contribution is 0.459. The Hall–Kier alpha value is -3.72. The van der Waals surface area contributed by atoms with Gasteiger partial charge >= 0.3 is 0 Å². The zero-order valence-electron chi connectivity index (χ0n) is 17.3. The van der Waals surface area contributed by atoms with Gasteiger partial charge in [-0.05, 0) is 62.7 Å². The highest BCUT2D eigenvalue weighted by molar-refractivity contribution is 7.92. The van der Waals surface area contributed by atoms with Crippen LogP contribution in [0, 0.1) is 20.8 Å². The minimum atomic E-state index is -3.69. The molecule has 1 N–H and O–H groups in total. The summed E-state index contributed by atoms with van der Waals surface area (Å²) in [5.74, 6) is 2.01. The van der Waals surface area contributed by atoms with Crippen LogP contribution in [0.1, 0.15) is 17.0 Å². The minimum Gasteiger partial charge on any atom is -0.439 e. The summed E-state index contributed by atoms with van der Waals surface area (Å²) in [7, 11) is -3.69. The van der Waals surface area contributed by atoms with Crippen LogP contribution in [0.5, 0.6) is 11.6 Å². The molecule has 0 aliphatic carbocycles. The topological polar surface area (TPSA) is 99.0 Å². The Morgan fingerprint density at radius 2 is 1.74 bits per heavy atom. The third kappa shape index (κ3) is 4.72. The molecule has 158 valence electrons. The van der Waals surface area contributed by atoms with E-state index in [1.165, 1.54) is 0 Å². The first-order valence-electron chi connectivity index (χ1n) is 9.54. The zero-order chi connectivity index (χ0) is 22.0. The third-order valence-electron chi connectivity index (χ3n) is 4.49. The molecule has 0 saturated carbocycles. The maximum atomic E-state index is 12.7. The number of anilines is 1. The molecule has 0 saturated heterocycles. The summed E-state index contributed by atoms with van der Waals surface area (Å²) in [6, 6.07) is 15.3. The molecule has 0 amide bonds. The van der Waals surface area contributed by atoms with E-state index in [-0.39, 0.29) is 4.90 Å². The average molecular weight is 436 g/mol. The van der Waals surface area contributed by atoms with Crippen LogP contribution in [0.25, 0.3) is 5.82 Å². The van der Waals surface area contributed by atoms with E-state index < -0.39 is 10.0 Å². The predicted molar refractivity (Wildman–Crippen MR) is 117 cm³/mol. The molecule has 9 heteroatoms. The van der Waals surface area contributed by atoms with Crippen molar-refractivity contribution in [1.29, 1.82) is 0 Å². The van der Waals surface area contributed by atoms with E-state index in [0.29, 0.717) is 34.5 Å². The minimum absolute atomic E-state index is 0.251. The molecular weight excluding hydrogens is 414 g/mol. The predicted octanol–water partition coefficient (Wildman–Crippen LogP) is 4.18. The van der Waals surface area contributed by atoms with E-state index in [1.54, 1.807) is 79.5 Å². The van der Waals surface area contributed by atoms with Crippen molar-refractivity contribution in [2.75, 3.05) is 4.72 Å². The molecule has 2 heterocycles. The zero-order valence-corrected chi connectivity index (χ0v) is 18.1. The fraction of sp³-hybridized carbons (Fsp3) is 0.136. The molecule has 2 aromatic carbocycles. The Bertz CT molecular complexity index is 1320. The average Bonchev–Trinajstić information content (AvgIpc) is 3.23. The molecular formula is C22H21N5O3S. The fourth-order valence-electron chi connectivity index (χ4n) is 3.12. The smallest absolute Gasteiger partial charge is 0.262 e. The second kappa shape index (κ2) is 8.19. The van der Waals surface area contributed by atoms with Crippen molar-refractivity contribution in [3.8, 4) is 17.4 Å². The van der Waals surface area contributed by atoms with Gasteiger partial charge in [-0.25, -0.2) is 18.1 Å². The Labute approximate surface area is 180 Å². The van der Waals surface area contributed by atoms with Crippen LogP contribution in [-0.4, -0.2) is 28.2 Å². The Morgan fingerprint density at radius 3 is 2.42 bits per heavy atom. The maximum Gasteiger partial charge on any atom is 0.262 e. The molecule has 0 aliphatic heterocycles. The number of hydrogen-bond acceptors (Lipinski definition) is 6. The highest BCUT2D eigenvalue weighted by atomic mass is 32.2. The molecule has 31 heavy (non-hydrogen) atoms. The number of nitrogens with zero attached hydrogens (tertiary/aromatic N) is 4. The molecule has 0 unspecified atom stereocenters. The van der Waals surface area contributed by atoms with Crippen LogP contribution in [0.3, 0.4) is 0 Å². The van der Waals surface area contributed by atoms with E-state index in [1.807, 2.05) is 13.0 Å². The summed E-state index contributed by atoms with van der Waals surface area (Å²) in [5.41, 5.74) is 2.14. The summed E-state index contributed by atoms with van der Waals surface area (Å²) in [6.07, 6.45) is 3.44. The van der Waals surface area contributed by atoms with Crippen LogP contribution in [0.2, 0.25) is 0 Å². The Kier molecular flexibility index (Phi) is 5.43. The van der Waals surface area contributed by atoms with Crippen molar-refractivity contribution in [3.05, 3.63) is 83.9 Å². The summed E-state index contributed by atoms with van der Waals surface area (Å²) in [6.45, 7) is 5.47. The van der Waals surface area contributed by atoms with Gasteiger partial charge in [-0.2, -0.15) is 10.1 Å². The van der Waals surface area contributed by atoms with Gasteiger partial charge in [-0.1, -0.05) is 17.7 Å². The van der Waals surface area contributed by atoms with Crippen molar-refractivity contribution in [3.63, 3.8) is 0 Å². The molecule has 0 spiro atoms. The van der Waals surface area contributed by atoms with Crippen LogP contribution >= 0.6 is 0 Å². The van der Waals surface area contributed by atoms with Gasteiger partial charge in [0.25, 0.3) is 10.0 Å². The SMILES string of the molecule is Cc1ccc(S(=O)(=O)Nc2ccc(Oc3cc(-n4cccn4)nc(C)n3)cc2)c(C)c1. The molecule has 4 rings (SSSR count). The van der Waals surface area contributed by atoms with Crippen LogP contribution in [0.15, 0.2) is 71.9 Å². The first kappa shape index (κ1) is 20.5. The number of nitrogens with one attached hydrogen (secondary N) is 1. The fourth-order valence-corrected chi connectivity index (χ4v) is 4.41. The summed E-state index contributed by atoms with van der Waals surface area (Å²) >= 11 is 0. The summed E-state index contributed by atoms with van der Waals surface area (Å²) in [4.78, 5) is 8.89. The number of aryl methyl sites for hydroxylation is 3. The molecule has 4 aromatic rings. The second-order valence-corrected chi connectivity index (χ2v) is 8.71. The molecule has 0 atom stereocenters. The number of aromatic nitrogens is 4. The number of rotatable bonds is 6. The van der Waals surface area contributed by atoms with Crippen molar-refractivity contribution in [2.24, 2.45) is 0 Å². The molecule has 2 aromatic heterocycles. The van der Waals surface area contributed by atoms with Gasteiger partial charge in [-0.3, -0.25) is 4.72 Å². The quantitative estimate of drug-likeness (QED) is 0.488. The number of sulfonamides is 1.